The topological polar surface area (TPSA) is 78.7 Å². The molecule has 0 atom stereocenters. The van der Waals surface area contributed by atoms with Crippen molar-refractivity contribution >= 4 is 28.3 Å². The van der Waals surface area contributed by atoms with Crippen molar-refractivity contribution in [3.8, 4) is 11.3 Å². The number of carbonyl (C=O) groups is 2. The predicted molar refractivity (Wildman–Crippen MR) is 112 cm³/mol. The van der Waals surface area contributed by atoms with Crippen LogP contribution in [0.4, 0.5) is 13.9 Å². The first-order valence-electron chi connectivity index (χ1n) is 9.68. The van der Waals surface area contributed by atoms with Crippen molar-refractivity contribution in [2.75, 3.05) is 38.0 Å². The number of amides is 2. The Bertz CT molecular complexity index is 1110. The van der Waals surface area contributed by atoms with E-state index >= 15 is 0 Å². The quantitative estimate of drug-likeness (QED) is 0.650. The average molecular weight is 446 g/mol. The van der Waals surface area contributed by atoms with Crippen molar-refractivity contribution in [3.63, 3.8) is 0 Å². The van der Waals surface area contributed by atoms with Crippen LogP contribution in [-0.2, 0) is 4.79 Å². The van der Waals surface area contributed by atoms with E-state index in [0.717, 1.165) is 12.1 Å². The molecule has 0 aliphatic carbocycles. The van der Waals surface area contributed by atoms with E-state index in [4.69, 9.17) is 4.42 Å². The van der Waals surface area contributed by atoms with Crippen molar-refractivity contribution in [1.82, 2.24) is 14.8 Å². The fourth-order valence-electron chi connectivity index (χ4n) is 3.30. The third kappa shape index (κ3) is 4.97. The Labute approximate surface area is 181 Å². The van der Waals surface area contributed by atoms with Gasteiger partial charge in [0, 0.05) is 37.1 Å². The maximum absolute atomic E-state index is 13.4. The number of hydrogen-bond donors (Lipinski definition) is 1. The van der Waals surface area contributed by atoms with Crippen molar-refractivity contribution in [2.24, 2.45) is 0 Å². The molecule has 10 heteroatoms. The number of carbonyl (C=O) groups excluding carboxylic acids is 2. The zero-order valence-electron chi connectivity index (χ0n) is 16.7. The third-order valence-electron chi connectivity index (χ3n) is 4.94. The first-order chi connectivity index (χ1) is 14.9. The number of thiazole rings is 1. The number of furan rings is 1. The number of aromatic nitrogens is 1. The smallest absolute Gasteiger partial charge is 0.289 e. The summed E-state index contributed by atoms with van der Waals surface area (Å²) < 4.78 is 31.9. The molecule has 4 rings (SSSR count). The van der Waals surface area contributed by atoms with E-state index in [1.165, 1.54) is 17.4 Å². The van der Waals surface area contributed by atoms with E-state index in [2.05, 4.69) is 10.3 Å². The van der Waals surface area contributed by atoms with Crippen LogP contribution in [0.5, 0.6) is 0 Å². The first-order valence-corrected chi connectivity index (χ1v) is 10.6. The molecule has 1 saturated heterocycles. The molecule has 2 aromatic heterocycles. The molecule has 1 fully saturated rings. The van der Waals surface area contributed by atoms with Gasteiger partial charge in [-0.2, -0.15) is 0 Å². The lowest BCUT2D eigenvalue weighted by atomic mass is 10.2. The molecule has 1 aliphatic heterocycles. The minimum atomic E-state index is -0.948. The number of nitrogens with zero attached hydrogens (tertiary/aromatic N) is 3. The summed E-state index contributed by atoms with van der Waals surface area (Å²) in [6.07, 6.45) is 0. The van der Waals surface area contributed by atoms with Crippen LogP contribution in [0.15, 0.2) is 40.1 Å². The van der Waals surface area contributed by atoms with Gasteiger partial charge in [0.05, 0.1) is 12.2 Å². The van der Waals surface area contributed by atoms with Crippen molar-refractivity contribution in [2.45, 2.75) is 6.92 Å². The number of anilines is 1. The average Bonchev–Trinajstić information content (AvgIpc) is 3.39. The summed E-state index contributed by atoms with van der Waals surface area (Å²) in [5.41, 5.74) is 0.891. The van der Waals surface area contributed by atoms with Gasteiger partial charge in [0.1, 0.15) is 5.76 Å². The molecule has 0 unspecified atom stereocenters. The molecule has 3 heterocycles. The highest BCUT2D eigenvalue weighted by Crippen LogP contribution is 2.26. The molecule has 2 amide bonds. The van der Waals surface area contributed by atoms with Gasteiger partial charge >= 0.3 is 0 Å². The van der Waals surface area contributed by atoms with Crippen LogP contribution in [-0.4, -0.2) is 59.3 Å². The van der Waals surface area contributed by atoms with E-state index in [1.807, 2.05) is 4.90 Å². The zero-order chi connectivity index (χ0) is 22.0. The summed E-state index contributed by atoms with van der Waals surface area (Å²) >= 11 is 1.21. The first kappa shape index (κ1) is 21.1. The van der Waals surface area contributed by atoms with Crippen LogP contribution in [0.3, 0.4) is 0 Å². The van der Waals surface area contributed by atoms with Gasteiger partial charge in [0.15, 0.2) is 22.5 Å². The van der Waals surface area contributed by atoms with Gasteiger partial charge < -0.3 is 14.6 Å². The zero-order valence-corrected chi connectivity index (χ0v) is 17.5. The Morgan fingerprint density at radius 2 is 1.90 bits per heavy atom. The lowest BCUT2D eigenvalue weighted by Gasteiger charge is -2.33. The normalized spacial score (nSPS) is 14.6. The summed E-state index contributed by atoms with van der Waals surface area (Å²) in [6.45, 7) is 4.10. The molecule has 31 heavy (non-hydrogen) atoms. The highest BCUT2D eigenvalue weighted by atomic mass is 32.1. The van der Waals surface area contributed by atoms with Gasteiger partial charge in [0.25, 0.3) is 5.91 Å². The summed E-state index contributed by atoms with van der Waals surface area (Å²) in [5.74, 6) is -1.24. The van der Waals surface area contributed by atoms with Gasteiger partial charge in [-0.25, -0.2) is 13.8 Å². The Balaban J connectivity index is 1.27. The standard InChI is InChI=1S/C21H20F2N4O3S/c1-13-2-5-18(30-13)20(29)27-8-6-26(7-9-27)11-19(28)25-21-24-17(12-31-21)14-3-4-15(22)16(23)10-14/h2-5,10,12H,6-9,11H2,1H3,(H,24,25,28). The van der Waals surface area contributed by atoms with Gasteiger partial charge in [-0.15, -0.1) is 11.3 Å². The Morgan fingerprint density at radius 1 is 1.13 bits per heavy atom. The Hall–Kier alpha value is -3.11. The molecule has 3 aromatic rings. The highest BCUT2D eigenvalue weighted by Gasteiger charge is 2.25. The molecule has 0 radical (unpaired) electrons. The number of benzene rings is 1. The van der Waals surface area contributed by atoms with Crippen molar-refractivity contribution < 1.29 is 22.8 Å². The van der Waals surface area contributed by atoms with Gasteiger partial charge in [-0.3, -0.25) is 14.5 Å². The van der Waals surface area contributed by atoms with Crippen LogP contribution in [0.2, 0.25) is 0 Å². The number of halogens is 2. The molecule has 162 valence electrons. The Kier molecular flexibility index (Phi) is 6.10. The summed E-state index contributed by atoms with van der Waals surface area (Å²) in [7, 11) is 0. The van der Waals surface area contributed by atoms with Gasteiger partial charge in [-0.1, -0.05) is 0 Å². The molecule has 0 spiro atoms. The van der Waals surface area contributed by atoms with Crippen molar-refractivity contribution in [3.05, 3.63) is 58.9 Å². The molecule has 7 nitrogen and oxygen atoms in total. The maximum Gasteiger partial charge on any atom is 0.289 e. The van der Waals surface area contributed by atoms with E-state index < -0.39 is 11.6 Å². The molecule has 1 N–H and O–H groups in total. The van der Waals surface area contributed by atoms with Crippen LogP contribution < -0.4 is 5.32 Å². The second-order valence-electron chi connectivity index (χ2n) is 7.19. The molecular weight excluding hydrogens is 426 g/mol. The minimum Gasteiger partial charge on any atom is -0.456 e. The van der Waals surface area contributed by atoms with Crippen LogP contribution in [0, 0.1) is 18.6 Å². The minimum absolute atomic E-state index is 0.148. The van der Waals surface area contributed by atoms with E-state index in [9.17, 15) is 18.4 Å². The third-order valence-corrected chi connectivity index (χ3v) is 5.70. The molecule has 1 aliphatic rings. The number of aryl methyl sites for hydroxylation is 1. The number of piperazine rings is 1. The monoisotopic (exact) mass is 446 g/mol. The van der Waals surface area contributed by atoms with Gasteiger partial charge in [-0.05, 0) is 37.3 Å². The summed E-state index contributed by atoms with van der Waals surface area (Å²) in [6, 6.07) is 6.97. The molecule has 0 bridgehead atoms. The fourth-order valence-corrected chi connectivity index (χ4v) is 4.03. The summed E-state index contributed by atoms with van der Waals surface area (Å²) in [4.78, 5) is 32.7. The second-order valence-corrected chi connectivity index (χ2v) is 8.05. The Morgan fingerprint density at radius 3 is 2.58 bits per heavy atom. The fraction of sp³-hybridized carbons (Fsp3) is 0.286. The molecular formula is C21H20F2N4O3S. The number of nitrogens with one attached hydrogen (secondary N) is 1. The van der Waals surface area contributed by atoms with E-state index in [0.29, 0.717) is 54.1 Å². The second kappa shape index (κ2) is 8.94. The maximum atomic E-state index is 13.4. The van der Waals surface area contributed by atoms with Crippen LogP contribution in [0.25, 0.3) is 11.3 Å². The van der Waals surface area contributed by atoms with Crippen LogP contribution >= 0.6 is 11.3 Å². The predicted octanol–water partition coefficient (Wildman–Crippen LogP) is 3.39. The van der Waals surface area contributed by atoms with Crippen LogP contribution in [0.1, 0.15) is 16.3 Å². The molecule has 0 saturated carbocycles. The number of hydrogen-bond acceptors (Lipinski definition) is 6. The largest absolute Gasteiger partial charge is 0.456 e. The SMILES string of the molecule is Cc1ccc(C(=O)N2CCN(CC(=O)Nc3nc(-c4ccc(F)c(F)c4)cs3)CC2)o1. The van der Waals surface area contributed by atoms with E-state index in [1.54, 1.807) is 29.3 Å². The van der Waals surface area contributed by atoms with E-state index in [-0.39, 0.29) is 18.4 Å². The van der Waals surface area contributed by atoms with Gasteiger partial charge in [0.2, 0.25) is 5.91 Å². The number of rotatable bonds is 5. The lowest BCUT2D eigenvalue weighted by Crippen LogP contribution is -2.50. The van der Waals surface area contributed by atoms with Crippen molar-refractivity contribution in [1.29, 1.82) is 0 Å². The summed E-state index contributed by atoms with van der Waals surface area (Å²) in [5, 5.41) is 4.78. The lowest BCUT2D eigenvalue weighted by molar-refractivity contribution is -0.117. The highest BCUT2D eigenvalue weighted by molar-refractivity contribution is 7.14. The molecule has 1 aromatic carbocycles.